The van der Waals surface area contributed by atoms with Gasteiger partial charge in [-0.25, -0.2) is 0 Å². The molecule has 0 aliphatic carbocycles. The summed E-state index contributed by atoms with van der Waals surface area (Å²) in [6.45, 7) is 1.44. The zero-order valence-corrected chi connectivity index (χ0v) is 12.2. The van der Waals surface area contributed by atoms with Crippen molar-refractivity contribution in [3.05, 3.63) is 24.4 Å². The number of fused-ring (bicyclic) bond motifs is 1. The van der Waals surface area contributed by atoms with Gasteiger partial charge in [-0.05, 0) is 24.6 Å². The van der Waals surface area contributed by atoms with Crippen LogP contribution in [-0.4, -0.2) is 46.5 Å². The number of carbonyl (C=O) groups excluding carboxylic acids is 2. The zero-order valence-electron chi connectivity index (χ0n) is 12.2. The Labute approximate surface area is 127 Å². The molecular formula is C15H19N5O2. The largest absolute Gasteiger partial charge is 0.342 e. The van der Waals surface area contributed by atoms with Crippen LogP contribution in [0.25, 0.3) is 10.9 Å². The molecule has 1 aromatic heterocycles. The minimum Gasteiger partial charge on any atom is -0.342 e. The molecule has 1 saturated heterocycles. The van der Waals surface area contributed by atoms with Gasteiger partial charge in [-0.3, -0.25) is 14.7 Å². The Kier molecular flexibility index (Phi) is 4.06. The van der Waals surface area contributed by atoms with Crippen LogP contribution in [0.3, 0.4) is 0 Å². The summed E-state index contributed by atoms with van der Waals surface area (Å²) in [5.41, 5.74) is 7.07. The lowest BCUT2D eigenvalue weighted by Crippen LogP contribution is -2.32. The van der Waals surface area contributed by atoms with Crippen LogP contribution >= 0.6 is 0 Å². The number of rotatable bonds is 4. The summed E-state index contributed by atoms with van der Waals surface area (Å²) in [5, 5.41) is 10.7. The van der Waals surface area contributed by atoms with E-state index in [1.165, 1.54) is 0 Å². The second kappa shape index (κ2) is 6.15. The first-order chi connectivity index (χ1) is 10.7. The number of aromatic nitrogens is 2. The summed E-state index contributed by atoms with van der Waals surface area (Å²) >= 11 is 0. The summed E-state index contributed by atoms with van der Waals surface area (Å²) in [6, 6.07) is 5.59. The predicted molar refractivity (Wildman–Crippen MR) is 83.1 cm³/mol. The Hall–Kier alpha value is -2.41. The number of hydrogen-bond acceptors (Lipinski definition) is 4. The molecule has 1 aromatic carbocycles. The maximum Gasteiger partial charge on any atom is 0.229 e. The van der Waals surface area contributed by atoms with Crippen LogP contribution in [0.1, 0.15) is 12.8 Å². The van der Waals surface area contributed by atoms with Crippen LogP contribution < -0.4 is 11.1 Å². The van der Waals surface area contributed by atoms with Crippen LogP contribution in [0.5, 0.6) is 0 Å². The van der Waals surface area contributed by atoms with Crippen molar-refractivity contribution < 1.29 is 9.59 Å². The van der Waals surface area contributed by atoms with Gasteiger partial charge < -0.3 is 16.0 Å². The Morgan fingerprint density at radius 2 is 2.32 bits per heavy atom. The lowest BCUT2D eigenvalue weighted by atomic mass is 10.1. The first-order valence-corrected chi connectivity index (χ1v) is 7.39. The van der Waals surface area contributed by atoms with E-state index >= 15 is 0 Å². The van der Waals surface area contributed by atoms with Gasteiger partial charge in [-0.1, -0.05) is 0 Å². The minimum absolute atomic E-state index is 0.0256. The van der Waals surface area contributed by atoms with Crippen molar-refractivity contribution in [2.75, 3.05) is 25.0 Å². The molecule has 7 nitrogen and oxygen atoms in total. The maximum absolute atomic E-state index is 12.3. The van der Waals surface area contributed by atoms with Crippen molar-refractivity contribution >= 4 is 28.4 Å². The quantitative estimate of drug-likeness (QED) is 0.773. The molecule has 116 valence electrons. The zero-order chi connectivity index (χ0) is 15.5. The fourth-order valence-corrected chi connectivity index (χ4v) is 2.75. The van der Waals surface area contributed by atoms with Gasteiger partial charge in [-0.15, -0.1) is 0 Å². The molecule has 2 aromatic rings. The van der Waals surface area contributed by atoms with E-state index in [2.05, 4.69) is 15.5 Å². The average molecular weight is 301 g/mol. The maximum atomic E-state index is 12.3. The Bertz CT molecular complexity index is 696. The van der Waals surface area contributed by atoms with Crippen molar-refractivity contribution in [3.63, 3.8) is 0 Å². The summed E-state index contributed by atoms with van der Waals surface area (Å²) in [6.07, 6.45) is 2.75. The van der Waals surface area contributed by atoms with Gasteiger partial charge in [-0.2, -0.15) is 5.10 Å². The molecule has 3 rings (SSSR count). The minimum atomic E-state index is -0.165. The summed E-state index contributed by atoms with van der Waals surface area (Å²) in [7, 11) is 0. The van der Waals surface area contributed by atoms with Crippen molar-refractivity contribution in [1.29, 1.82) is 0 Å². The van der Waals surface area contributed by atoms with Gasteiger partial charge in [0, 0.05) is 37.1 Å². The molecule has 0 spiro atoms. The molecule has 22 heavy (non-hydrogen) atoms. The molecule has 7 heteroatoms. The second-order valence-electron chi connectivity index (χ2n) is 5.53. The monoisotopic (exact) mass is 301 g/mol. The van der Waals surface area contributed by atoms with Crippen molar-refractivity contribution in [2.24, 2.45) is 11.7 Å². The van der Waals surface area contributed by atoms with Gasteiger partial charge in [0.25, 0.3) is 0 Å². The average Bonchev–Trinajstić information content (AvgIpc) is 3.16. The van der Waals surface area contributed by atoms with Crippen molar-refractivity contribution in [2.45, 2.75) is 12.8 Å². The number of nitrogens with one attached hydrogen (secondary N) is 2. The van der Waals surface area contributed by atoms with Crippen molar-refractivity contribution in [1.82, 2.24) is 15.1 Å². The Morgan fingerprint density at radius 3 is 3.14 bits per heavy atom. The van der Waals surface area contributed by atoms with Crippen LogP contribution in [0.15, 0.2) is 24.4 Å². The number of hydrogen-bond donors (Lipinski definition) is 3. The number of carbonyl (C=O) groups is 2. The SMILES string of the molecule is NCCC(=O)N1CCC(C(=O)Nc2ccc3[nH]ncc3c2)C1. The molecular weight excluding hydrogens is 282 g/mol. The first-order valence-electron chi connectivity index (χ1n) is 7.39. The van der Waals surface area contributed by atoms with Crippen molar-refractivity contribution in [3.8, 4) is 0 Å². The van der Waals surface area contributed by atoms with E-state index in [0.29, 0.717) is 32.5 Å². The molecule has 1 aliphatic rings. The van der Waals surface area contributed by atoms with Crippen LogP contribution in [0.2, 0.25) is 0 Å². The van der Waals surface area contributed by atoms with Gasteiger partial charge in [0.1, 0.15) is 0 Å². The van der Waals surface area contributed by atoms with Crippen LogP contribution in [0, 0.1) is 5.92 Å². The lowest BCUT2D eigenvalue weighted by molar-refractivity contribution is -0.130. The third kappa shape index (κ3) is 2.94. The lowest BCUT2D eigenvalue weighted by Gasteiger charge is -2.16. The van der Waals surface area contributed by atoms with Crippen LogP contribution in [-0.2, 0) is 9.59 Å². The molecule has 1 atom stereocenters. The highest BCUT2D eigenvalue weighted by Crippen LogP contribution is 2.21. The number of benzene rings is 1. The number of anilines is 1. The molecule has 1 aliphatic heterocycles. The van der Waals surface area contributed by atoms with E-state index in [-0.39, 0.29) is 17.7 Å². The summed E-state index contributed by atoms with van der Waals surface area (Å²) < 4.78 is 0. The van der Waals surface area contributed by atoms with Gasteiger partial charge in [0.2, 0.25) is 11.8 Å². The molecule has 0 radical (unpaired) electrons. The molecule has 1 unspecified atom stereocenters. The molecule has 0 saturated carbocycles. The number of nitrogens with zero attached hydrogens (tertiary/aromatic N) is 2. The van der Waals surface area contributed by atoms with Gasteiger partial charge in [0.05, 0.1) is 17.6 Å². The standard InChI is InChI=1S/C15H19N5O2/c16-5-3-14(21)20-6-4-10(9-20)15(22)18-12-1-2-13-11(7-12)8-17-19-13/h1-2,7-8,10H,3-6,9,16H2,(H,17,19)(H,18,22). The predicted octanol–water partition coefficient (Wildman–Crippen LogP) is 0.699. The number of aromatic amines is 1. The highest BCUT2D eigenvalue weighted by molar-refractivity contribution is 5.95. The fraction of sp³-hybridized carbons (Fsp3) is 0.400. The highest BCUT2D eigenvalue weighted by Gasteiger charge is 2.30. The molecule has 1 fully saturated rings. The van der Waals surface area contributed by atoms with E-state index in [4.69, 9.17) is 5.73 Å². The topological polar surface area (TPSA) is 104 Å². The highest BCUT2D eigenvalue weighted by atomic mass is 16.2. The Balaban J connectivity index is 1.61. The van der Waals surface area contributed by atoms with Gasteiger partial charge >= 0.3 is 0 Å². The second-order valence-corrected chi connectivity index (χ2v) is 5.53. The molecule has 0 bridgehead atoms. The number of nitrogens with two attached hydrogens (primary N) is 1. The fourth-order valence-electron chi connectivity index (χ4n) is 2.75. The number of amides is 2. The number of likely N-dealkylation sites (tertiary alicyclic amines) is 1. The Morgan fingerprint density at radius 1 is 1.45 bits per heavy atom. The summed E-state index contributed by atoms with van der Waals surface area (Å²) in [5.74, 6) is -0.190. The van der Waals surface area contributed by atoms with E-state index in [9.17, 15) is 9.59 Å². The molecule has 4 N–H and O–H groups in total. The molecule has 2 heterocycles. The number of H-pyrrole nitrogens is 1. The van der Waals surface area contributed by atoms with E-state index in [0.717, 1.165) is 16.6 Å². The van der Waals surface area contributed by atoms with E-state index < -0.39 is 0 Å². The van der Waals surface area contributed by atoms with E-state index in [1.807, 2.05) is 18.2 Å². The van der Waals surface area contributed by atoms with Crippen LogP contribution in [0.4, 0.5) is 5.69 Å². The summed E-state index contributed by atoms with van der Waals surface area (Å²) in [4.78, 5) is 25.8. The smallest absolute Gasteiger partial charge is 0.229 e. The third-order valence-corrected chi connectivity index (χ3v) is 3.98. The third-order valence-electron chi connectivity index (χ3n) is 3.98. The van der Waals surface area contributed by atoms with Gasteiger partial charge in [0.15, 0.2) is 0 Å². The molecule has 2 amide bonds. The normalized spacial score (nSPS) is 17.9. The first kappa shape index (κ1) is 14.5. The van der Waals surface area contributed by atoms with E-state index in [1.54, 1.807) is 11.1 Å².